The molecule has 0 saturated heterocycles. The van der Waals surface area contributed by atoms with E-state index in [1.54, 1.807) is 6.92 Å². The largest absolute Gasteiger partial charge is 0.394 e. The summed E-state index contributed by atoms with van der Waals surface area (Å²) in [7, 11) is 0. The van der Waals surface area contributed by atoms with Crippen molar-refractivity contribution in [3.05, 3.63) is 35.4 Å². The number of hydrogen-bond acceptors (Lipinski definition) is 2. The molecule has 1 aliphatic carbocycles. The Morgan fingerprint density at radius 3 is 2.75 bits per heavy atom. The van der Waals surface area contributed by atoms with Crippen LogP contribution in [0.3, 0.4) is 0 Å². The number of aliphatic hydroxyl groups excluding tert-OH is 1. The van der Waals surface area contributed by atoms with Gasteiger partial charge in [-0.2, -0.15) is 0 Å². The molecule has 110 valence electrons. The molecule has 1 saturated carbocycles. The average Bonchev–Trinajstić information content (AvgIpc) is 3.24. The van der Waals surface area contributed by atoms with Gasteiger partial charge in [-0.3, -0.25) is 0 Å². The van der Waals surface area contributed by atoms with Crippen molar-refractivity contribution in [1.82, 2.24) is 10.6 Å². The van der Waals surface area contributed by atoms with Gasteiger partial charge in [-0.25, -0.2) is 13.6 Å². The molecule has 0 bridgehead atoms. The van der Waals surface area contributed by atoms with E-state index in [9.17, 15) is 18.7 Å². The predicted octanol–water partition coefficient (Wildman–Crippen LogP) is 1.93. The number of carbonyl (C=O) groups is 1. The van der Waals surface area contributed by atoms with Gasteiger partial charge in [-0.15, -0.1) is 0 Å². The molecule has 1 aromatic carbocycles. The van der Waals surface area contributed by atoms with Crippen molar-refractivity contribution in [2.45, 2.75) is 31.8 Å². The lowest BCUT2D eigenvalue weighted by Crippen LogP contribution is -2.54. The summed E-state index contributed by atoms with van der Waals surface area (Å²) < 4.78 is 26.4. The molecule has 1 aliphatic rings. The van der Waals surface area contributed by atoms with Crippen molar-refractivity contribution >= 4 is 6.03 Å². The Bertz CT molecular complexity index is 506. The first kappa shape index (κ1) is 14.7. The summed E-state index contributed by atoms with van der Waals surface area (Å²) in [6, 6.07) is 2.58. The molecule has 1 atom stereocenters. The number of aliphatic hydroxyl groups is 1. The monoisotopic (exact) mass is 284 g/mol. The first-order chi connectivity index (χ1) is 9.44. The van der Waals surface area contributed by atoms with E-state index in [0.29, 0.717) is 0 Å². The maximum Gasteiger partial charge on any atom is 0.315 e. The van der Waals surface area contributed by atoms with Crippen molar-refractivity contribution in [2.24, 2.45) is 5.92 Å². The topological polar surface area (TPSA) is 61.4 Å². The molecule has 3 N–H and O–H groups in total. The number of nitrogens with one attached hydrogen (secondary N) is 2. The molecule has 0 spiro atoms. The maximum atomic E-state index is 13.4. The van der Waals surface area contributed by atoms with Gasteiger partial charge >= 0.3 is 6.03 Å². The lowest BCUT2D eigenvalue weighted by Gasteiger charge is -2.28. The van der Waals surface area contributed by atoms with Gasteiger partial charge in [0.05, 0.1) is 12.1 Å². The number of benzene rings is 1. The van der Waals surface area contributed by atoms with Gasteiger partial charge in [-0.05, 0) is 43.9 Å². The summed E-state index contributed by atoms with van der Waals surface area (Å²) in [5.74, 6) is -0.857. The van der Waals surface area contributed by atoms with Crippen molar-refractivity contribution in [3.63, 3.8) is 0 Å². The standard InChI is InChI=1S/C14H18F2N2O2/c1-14(8-19,10-2-3-10)18-13(20)17-7-9-6-11(15)4-5-12(9)16/h4-6,10,19H,2-3,7-8H2,1H3,(H2,17,18,20). The Balaban J connectivity index is 1.90. The highest BCUT2D eigenvalue weighted by Gasteiger charge is 2.42. The molecular weight excluding hydrogens is 266 g/mol. The van der Waals surface area contributed by atoms with E-state index < -0.39 is 23.2 Å². The van der Waals surface area contributed by atoms with Crippen molar-refractivity contribution in [1.29, 1.82) is 0 Å². The van der Waals surface area contributed by atoms with E-state index >= 15 is 0 Å². The second kappa shape index (κ2) is 5.75. The zero-order valence-corrected chi connectivity index (χ0v) is 11.2. The van der Waals surface area contributed by atoms with Crippen LogP contribution in [0.25, 0.3) is 0 Å². The highest BCUT2D eigenvalue weighted by Crippen LogP contribution is 2.39. The molecule has 20 heavy (non-hydrogen) atoms. The molecule has 1 fully saturated rings. The fourth-order valence-electron chi connectivity index (χ4n) is 2.15. The SMILES string of the molecule is CC(CO)(NC(=O)NCc1cc(F)ccc1F)C1CC1. The lowest BCUT2D eigenvalue weighted by molar-refractivity contribution is 0.155. The Hall–Kier alpha value is -1.69. The molecular formula is C14H18F2N2O2. The van der Waals surface area contributed by atoms with E-state index in [-0.39, 0.29) is 24.6 Å². The normalized spacial score (nSPS) is 17.4. The van der Waals surface area contributed by atoms with Crippen LogP contribution in [-0.2, 0) is 6.54 Å². The minimum Gasteiger partial charge on any atom is -0.394 e. The first-order valence-electron chi connectivity index (χ1n) is 6.55. The Morgan fingerprint density at radius 2 is 2.15 bits per heavy atom. The summed E-state index contributed by atoms with van der Waals surface area (Å²) in [6.45, 7) is 1.51. The molecule has 0 heterocycles. The number of rotatable bonds is 5. The van der Waals surface area contributed by atoms with Crippen LogP contribution in [0.15, 0.2) is 18.2 Å². The predicted molar refractivity (Wildman–Crippen MR) is 69.9 cm³/mol. The van der Waals surface area contributed by atoms with E-state index in [2.05, 4.69) is 10.6 Å². The van der Waals surface area contributed by atoms with Gasteiger partial charge in [0, 0.05) is 12.1 Å². The van der Waals surface area contributed by atoms with Crippen LogP contribution < -0.4 is 10.6 Å². The second-order valence-electron chi connectivity index (χ2n) is 5.39. The summed E-state index contributed by atoms with van der Waals surface area (Å²) in [5.41, 5.74) is -0.581. The average molecular weight is 284 g/mol. The van der Waals surface area contributed by atoms with Gasteiger partial charge in [0.25, 0.3) is 0 Å². The number of hydrogen-bond donors (Lipinski definition) is 3. The number of halogens is 2. The quantitative estimate of drug-likeness (QED) is 0.773. The molecule has 2 rings (SSSR count). The summed E-state index contributed by atoms with van der Waals surface area (Å²) in [4.78, 5) is 11.8. The number of carbonyl (C=O) groups excluding carboxylic acids is 1. The molecule has 0 aromatic heterocycles. The van der Waals surface area contributed by atoms with Crippen molar-refractivity contribution in [2.75, 3.05) is 6.61 Å². The lowest BCUT2D eigenvalue weighted by atomic mass is 9.97. The fourth-order valence-corrected chi connectivity index (χ4v) is 2.15. The van der Waals surface area contributed by atoms with Crippen molar-refractivity contribution < 1.29 is 18.7 Å². The third-order valence-corrected chi connectivity index (χ3v) is 3.65. The zero-order chi connectivity index (χ0) is 14.8. The molecule has 2 amide bonds. The smallest absolute Gasteiger partial charge is 0.315 e. The van der Waals surface area contributed by atoms with Crippen LogP contribution in [-0.4, -0.2) is 23.3 Å². The van der Waals surface area contributed by atoms with Gasteiger partial charge in [0.1, 0.15) is 11.6 Å². The van der Waals surface area contributed by atoms with Gasteiger partial charge < -0.3 is 15.7 Å². The maximum absolute atomic E-state index is 13.4. The Kier molecular flexibility index (Phi) is 4.23. The molecule has 4 nitrogen and oxygen atoms in total. The van der Waals surface area contributed by atoms with Crippen LogP contribution in [0.4, 0.5) is 13.6 Å². The fraction of sp³-hybridized carbons (Fsp3) is 0.500. The summed E-state index contributed by atoms with van der Waals surface area (Å²) in [5, 5.41) is 14.5. The molecule has 1 unspecified atom stereocenters. The van der Waals surface area contributed by atoms with Crippen LogP contribution in [0.5, 0.6) is 0 Å². The number of amides is 2. The highest BCUT2D eigenvalue weighted by atomic mass is 19.1. The van der Waals surface area contributed by atoms with E-state index in [1.807, 2.05) is 0 Å². The summed E-state index contributed by atoms with van der Waals surface area (Å²) in [6.07, 6.45) is 1.94. The minimum absolute atomic E-state index is 0.0808. The number of urea groups is 1. The van der Waals surface area contributed by atoms with Gasteiger partial charge in [0.15, 0.2) is 0 Å². The Morgan fingerprint density at radius 1 is 1.45 bits per heavy atom. The van der Waals surface area contributed by atoms with Gasteiger partial charge in [0.2, 0.25) is 0 Å². The molecule has 1 aromatic rings. The van der Waals surface area contributed by atoms with E-state index in [1.165, 1.54) is 0 Å². The molecule has 0 radical (unpaired) electrons. The third kappa shape index (κ3) is 3.45. The Labute approximate surface area is 116 Å². The third-order valence-electron chi connectivity index (χ3n) is 3.65. The van der Waals surface area contributed by atoms with Crippen LogP contribution in [0, 0.1) is 17.6 Å². The van der Waals surface area contributed by atoms with Crippen LogP contribution >= 0.6 is 0 Å². The van der Waals surface area contributed by atoms with E-state index in [4.69, 9.17) is 0 Å². The van der Waals surface area contributed by atoms with Crippen LogP contribution in [0.1, 0.15) is 25.3 Å². The first-order valence-corrected chi connectivity index (χ1v) is 6.55. The van der Waals surface area contributed by atoms with Gasteiger partial charge in [-0.1, -0.05) is 0 Å². The molecule has 6 heteroatoms. The second-order valence-corrected chi connectivity index (χ2v) is 5.39. The minimum atomic E-state index is -0.662. The highest BCUT2D eigenvalue weighted by molar-refractivity contribution is 5.74. The van der Waals surface area contributed by atoms with Crippen LogP contribution in [0.2, 0.25) is 0 Å². The van der Waals surface area contributed by atoms with Crippen molar-refractivity contribution in [3.8, 4) is 0 Å². The zero-order valence-electron chi connectivity index (χ0n) is 11.2. The molecule has 0 aliphatic heterocycles. The summed E-state index contributed by atoms with van der Waals surface area (Å²) >= 11 is 0. The van der Waals surface area contributed by atoms with E-state index in [0.717, 1.165) is 31.0 Å².